The van der Waals surface area contributed by atoms with Gasteiger partial charge in [0.1, 0.15) is 5.01 Å². The smallest absolute Gasteiger partial charge is 0.417 e. The predicted molar refractivity (Wildman–Crippen MR) is 61.2 cm³/mol. The Kier molecular flexibility index (Phi) is 3.19. The number of aromatic hydroxyl groups is 1. The summed E-state index contributed by atoms with van der Waals surface area (Å²) in [5.74, 6) is -2.23. The minimum absolute atomic E-state index is 0.192. The van der Waals surface area contributed by atoms with Gasteiger partial charge in [0.25, 0.3) is 0 Å². The average Bonchev–Trinajstić information content (AvgIpc) is 2.70. The van der Waals surface area contributed by atoms with Gasteiger partial charge < -0.3 is 10.2 Å². The van der Waals surface area contributed by atoms with Gasteiger partial charge in [-0.15, -0.1) is 11.3 Å². The van der Waals surface area contributed by atoms with Crippen LogP contribution in [0, 0.1) is 0 Å². The molecule has 0 saturated heterocycles. The van der Waals surface area contributed by atoms with Crippen molar-refractivity contribution in [3.8, 4) is 16.5 Å². The second-order valence-corrected chi connectivity index (χ2v) is 4.52. The van der Waals surface area contributed by atoms with E-state index >= 15 is 0 Å². The van der Waals surface area contributed by atoms with Crippen LogP contribution in [-0.4, -0.2) is 21.2 Å². The van der Waals surface area contributed by atoms with Crippen LogP contribution in [0.1, 0.15) is 15.2 Å². The molecular formula is C11H6F3NO3S. The van der Waals surface area contributed by atoms with Crippen LogP contribution in [0.4, 0.5) is 13.2 Å². The van der Waals surface area contributed by atoms with Crippen LogP contribution < -0.4 is 0 Å². The Bertz CT molecular complexity index is 636. The molecule has 2 N–H and O–H groups in total. The van der Waals surface area contributed by atoms with E-state index in [0.717, 1.165) is 6.07 Å². The molecule has 1 aromatic carbocycles. The molecule has 0 amide bonds. The van der Waals surface area contributed by atoms with Gasteiger partial charge in [0.05, 0.1) is 5.56 Å². The zero-order valence-corrected chi connectivity index (χ0v) is 9.92. The average molecular weight is 289 g/mol. The van der Waals surface area contributed by atoms with Crippen molar-refractivity contribution in [2.45, 2.75) is 6.18 Å². The first-order valence-corrected chi connectivity index (χ1v) is 5.72. The van der Waals surface area contributed by atoms with Crippen LogP contribution >= 0.6 is 11.3 Å². The molecule has 0 saturated carbocycles. The van der Waals surface area contributed by atoms with Gasteiger partial charge in [0.2, 0.25) is 5.88 Å². The molecule has 4 nitrogen and oxygen atoms in total. The number of rotatable bonds is 2. The number of nitrogens with zero attached hydrogens (tertiary/aromatic N) is 1. The number of alkyl halides is 3. The minimum Gasteiger partial charge on any atom is -0.492 e. The number of aromatic nitrogens is 1. The summed E-state index contributed by atoms with van der Waals surface area (Å²) in [5.41, 5.74) is -1.19. The van der Waals surface area contributed by atoms with Crippen molar-refractivity contribution in [2.75, 3.05) is 0 Å². The fourth-order valence-electron chi connectivity index (χ4n) is 1.48. The quantitative estimate of drug-likeness (QED) is 0.890. The van der Waals surface area contributed by atoms with E-state index in [4.69, 9.17) is 5.11 Å². The molecule has 1 heterocycles. The van der Waals surface area contributed by atoms with Crippen molar-refractivity contribution < 1.29 is 28.2 Å². The van der Waals surface area contributed by atoms with Gasteiger partial charge in [-0.3, -0.25) is 0 Å². The Morgan fingerprint density at radius 1 is 1.26 bits per heavy atom. The first-order chi connectivity index (χ1) is 8.80. The zero-order valence-electron chi connectivity index (χ0n) is 9.10. The number of thiazole rings is 1. The lowest BCUT2D eigenvalue weighted by atomic mass is 10.1. The summed E-state index contributed by atoms with van der Waals surface area (Å²) >= 11 is 0.490. The second kappa shape index (κ2) is 4.54. The molecular weight excluding hydrogens is 283 g/mol. The van der Waals surface area contributed by atoms with Crippen LogP contribution in [0.2, 0.25) is 0 Å². The van der Waals surface area contributed by atoms with Crippen molar-refractivity contribution in [1.82, 2.24) is 4.98 Å². The summed E-state index contributed by atoms with van der Waals surface area (Å²) in [5, 5.41) is 17.8. The fraction of sp³-hybridized carbons (Fsp3) is 0.0909. The van der Waals surface area contributed by atoms with Gasteiger partial charge in [-0.05, 0) is 6.07 Å². The van der Waals surface area contributed by atoms with E-state index in [1.54, 1.807) is 0 Å². The third-order valence-corrected chi connectivity index (χ3v) is 3.33. The van der Waals surface area contributed by atoms with Crippen molar-refractivity contribution in [3.63, 3.8) is 0 Å². The Morgan fingerprint density at radius 3 is 2.42 bits per heavy atom. The maximum absolute atomic E-state index is 12.8. The normalized spacial score (nSPS) is 11.5. The van der Waals surface area contributed by atoms with Gasteiger partial charge in [0.15, 0.2) is 4.88 Å². The minimum atomic E-state index is -4.58. The number of halogens is 3. The number of carboxylic acids is 1. The summed E-state index contributed by atoms with van der Waals surface area (Å²) < 4.78 is 38.4. The van der Waals surface area contributed by atoms with E-state index in [-0.39, 0.29) is 10.6 Å². The largest absolute Gasteiger partial charge is 0.492 e. The summed E-state index contributed by atoms with van der Waals surface area (Å²) in [6.07, 6.45) is -4.58. The topological polar surface area (TPSA) is 70.4 Å². The molecule has 0 spiro atoms. The van der Waals surface area contributed by atoms with Gasteiger partial charge >= 0.3 is 12.1 Å². The highest BCUT2D eigenvalue weighted by molar-refractivity contribution is 7.17. The van der Waals surface area contributed by atoms with Crippen LogP contribution in [0.25, 0.3) is 10.6 Å². The molecule has 2 aromatic rings. The first kappa shape index (κ1) is 13.3. The van der Waals surface area contributed by atoms with E-state index in [1.165, 1.54) is 18.2 Å². The molecule has 0 fully saturated rings. The second-order valence-electron chi connectivity index (χ2n) is 3.52. The first-order valence-electron chi connectivity index (χ1n) is 4.90. The van der Waals surface area contributed by atoms with Crippen molar-refractivity contribution in [3.05, 3.63) is 34.7 Å². The third-order valence-electron chi connectivity index (χ3n) is 2.27. The highest BCUT2D eigenvalue weighted by Crippen LogP contribution is 2.40. The number of carboxylic acid groups (broad SMARTS) is 1. The summed E-state index contributed by atoms with van der Waals surface area (Å²) in [4.78, 5) is 13.7. The van der Waals surface area contributed by atoms with Crippen LogP contribution in [0.5, 0.6) is 5.88 Å². The molecule has 2 rings (SSSR count). The number of hydrogen-bond donors (Lipinski definition) is 2. The molecule has 0 atom stereocenters. The maximum Gasteiger partial charge on any atom is 0.417 e. The number of aromatic carboxylic acids is 1. The Morgan fingerprint density at radius 2 is 1.89 bits per heavy atom. The molecule has 0 unspecified atom stereocenters. The van der Waals surface area contributed by atoms with Gasteiger partial charge in [-0.1, -0.05) is 18.2 Å². The number of hydrogen-bond acceptors (Lipinski definition) is 4. The predicted octanol–water partition coefficient (Wildman–Crippen LogP) is 3.23. The van der Waals surface area contributed by atoms with Gasteiger partial charge in [-0.2, -0.15) is 13.2 Å². The SMILES string of the molecule is O=C(O)c1sc(-c2ccccc2C(F)(F)F)nc1O. The maximum atomic E-state index is 12.8. The molecule has 0 radical (unpaired) electrons. The monoisotopic (exact) mass is 289 g/mol. The molecule has 8 heteroatoms. The Balaban J connectivity index is 2.60. The molecule has 100 valence electrons. The Labute approximate surface area is 108 Å². The van der Waals surface area contributed by atoms with Crippen molar-refractivity contribution >= 4 is 17.3 Å². The highest BCUT2D eigenvalue weighted by atomic mass is 32.1. The van der Waals surface area contributed by atoms with Crippen LogP contribution in [-0.2, 0) is 6.18 Å². The molecule has 0 aliphatic carbocycles. The zero-order chi connectivity index (χ0) is 14.2. The molecule has 19 heavy (non-hydrogen) atoms. The van der Waals surface area contributed by atoms with Crippen LogP contribution in [0.3, 0.4) is 0 Å². The lowest BCUT2D eigenvalue weighted by molar-refractivity contribution is -0.137. The van der Waals surface area contributed by atoms with E-state index < -0.39 is 28.5 Å². The summed E-state index contributed by atoms with van der Waals surface area (Å²) in [6.45, 7) is 0. The fourth-order valence-corrected chi connectivity index (χ4v) is 2.32. The summed E-state index contributed by atoms with van der Waals surface area (Å²) in [6, 6.07) is 4.64. The standard InChI is InChI=1S/C11H6F3NO3S/c12-11(13,14)6-4-2-1-3-5(6)9-15-8(16)7(19-9)10(17)18/h1-4,16H,(H,17,18). The summed E-state index contributed by atoms with van der Waals surface area (Å²) in [7, 11) is 0. The van der Waals surface area contributed by atoms with E-state index in [9.17, 15) is 23.1 Å². The van der Waals surface area contributed by atoms with E-state index in [2.05, 4.69) is 4.98 Å². The van der Waals surface area contributed by atoms with Crippen molar-refractivity contribution in [1.29, 1.82) is 0 Å². The third kappa shape index (κ3) is 2.53. The molecule has 0 aliphatic heterocycles. The lowest BCUT2D eigenvalue weighted by Crippen LogP contribution is -2.06. The van der Waals surface area contributed by atoms with Gasteiger partial charge in [0, 0.05) is 5.56 Å². The molecule has 0 aliphatic rings. The number of benzene rings is 1. The van der Waals surface area contributed by atoms with Crippen molar-refractivity contribution in [2.24, 2.45) is 0 Å². The molecule has 1 aromatic heterocycles. The number of carbonyl (C=O) groups is 1. The van der Waals surface area contributed by atoms with E-state index in [1.807, 2.05) is 0 Å². The molecule has 0 bridgehead atoms. The van der Waals surface area contributed by atoms with Crippen LogP contribution in [0.15, 0.2) is 24.3 Å². The van der Waals surface area contributed by atoms with E-state index in [0.29, 0.717) is 11.3 Å². The lowest BCUT2D eigenvalue weighted by Gasteiger charge is -2.10. The highest BCUT2D eigenvalue weighted by Gasteiger charge is 2.34. The Hall–Kier alpha value is -2.09. The van der Waals surface area contributed by atoms with Gasteiger partial charge in [-0.25, -0.2) is 9.78 Å².